The molecule has 0 fully saturated rings. The fourth-order valence-electron chi connectivity index (χ4n) is 1.73. The van der Waals surface area contributed by atoms with Crippen molar-refractivity contribution in [2.75, 3.05) is 12.4 Å². The van der Waals surface area contributed by atoms with E-state index in [1.54, 1.807) is 12.1 Å². The number of aryl methyl sites for hydroxylation is 1. The largest absolute Gasteiger partial charge is 0.495 e. The number of benzene rings is 1. The molecule has 2 aromatic rings. The molecule has 0 aliphatic rings. The van der Waals surface area contributed by atoms with Gasteiger partial charge in [-0.25, -0.2) is 0 Å². The topological polar surface area (TPSA) is 99.3 Å². The van der Waals surface area contributed by atoms with Crippen LogP contribution in [0.25, 0.3) is 0 Å². The number of amides is 1. The number of ether oxygens (including phenoxy) is 1. The van der Waals surface area contributed by atoms with Crippen molar-refractivity contribution in [3.05, 3.63) is 45.2 Å². The van der Waals surface area contributed by atoms with Gasteiger partial charge in [0.15, 0.2) is 0 Å². The van der Waals surface area contributed by atoms with Gasteiger partial charge in [-0.05, 0) is 18.2 Å². The van der Waals surface area contributed by atoms with Gasteiger partial charge in [0.1, 0.15) is 11.9 Å². The molecule has 21 heavy (non-hydrogen) atoms. The van der Waals surface area contributed by atoms with Crippen molar-refractivity contribution in [2.45, 2.75) is 0 Å². The molecule has 0 bridgehead atoms. The van der Waals surface area contributed by atoms with Gasteiger partial charge in [-0.15, -0.1) is 0 Å². The van der Waals surface area contributed by atoms with Gasteiger partial charge in [0.25, 0.3) is 5.91 Å². The van der Waals surface area contributed by atoms with Crippen LogP contribution >= 0.6 is 11.6 Å². The summed E-state index contributed by atoms with van der Waals surface area (Å²) < 4.78 is 6.28. The quantitative estimate of drug-likeness (QED) is 0.689. The molecule has 0 aliphatic heterocycles. The lowest BCUT2D eigenvalue weighted by molar-refractivity contribution is -0.385. The van der Waals surface area contributed by atoms with Crippen LogP contribution in [-0.4, -0.2) is 27.7 Å². The Morgan fingerprint density at radius 2 is 2.24 bits per heavy atom. The van der Waals surface area contributed by atoms with E-state index in [-0.39, 0.29) is 11.4 Å². The molecule has 0 aliphatic carbocycles. The number of nitrogens with zero attached hydrogens (tertiary/aromatic N) is 3. The Morgan fingerprint density at radius 3 is 2.86 bits per heavy atom. The number of hydrogen-bond donors (Lipinski definition) is 1. The first-order chi connectivity index (χ1) is 9.92. The highest BCUT2D eigenvalue weighted by atomic mass is 35.5. The van der Waals surface area contributed by atoms with Gasteiger partial charge in [-0.2, -0.15) is 5.10 Å². The number of halogens is 1. The van der Waals surface area contributed by atoms with Crippen molar-refractivity contribution in [3.8, 4) is 5.75 Å². The third kappa shape index (κ3) is 3.11. The number of anilines is 1. The Kier molecular flexibility index (Phi) is 4.08. The number of rotatable bonds is 4. The highest BCUT2D eigenvalue weighted by Gasteiger charge is 2.25. The van der Waals surface area contributed by atoms with Crippen LogP contribution in [0.3, 0.4) is 0 Å². The molecule has 2 rings (SSSR count). The number of carbonyl (C=O) groups is 1. The van der Waals surface area contributed by atoms with Gasteiger partial charge in [0.05, 0.1) is 17.7 Å². The zero-order valence-electron chi connectivity index (χ0n) is 11.2. The van der Waals surface area contributed by atoms with Crippen LogP contribution in [0.2, 0.25) is 5.02 Å². The second-order valence-corrected chi connectivity index (χ2v) is 4.53. The predicted molar refractivity (Wildman–Crippen MR) is 75.8 cm³/mol. The number of carbonyl (C=O) groups excluding carboxylic acids is 1. The number of hydrogen-bond acceptors (Lipinski definition) is 5. The maximum atomic E-state index is 12.1. The van der Waals surface area contributed by atoms with Gasteiger partial charge in [0, 0.05) is 12.1 Å². The van der Waals surface area contributed by atoms with Gasteiger partial charge in [-0.1, -0.05) is 11.6 Å². The van der Waals surface area contributed by atoms with Crippen molar-refractivity contribution in [2.24, 2.45) is 7.05 Å². The molecule has 1 heterocycles. The lowest BCUT2D eigenvalue weighted by Gasteiger charge is -2.09. The van der Waals surface area contributed by atoms with E-state index in [1.807, 2.05) is 0 Å². The van der Waals surface area contributed by atoms with Crippen LogP contribution in [0.4, 0.5) is 11.4 Å². The average molecular weight is 311 g/mol. The summed E-state index contributed by atoms with van der Waals surface area (Å²) in [6.45, 7) is 0. The molecule has 0 saturated heterocycles. The van der Waals surface area contributed by atoms with Crippen LogP contribution < -0.4 is 10.1 Å². The summed E-state index contributed by atoms with van der Waals surface area (Å²) in [5, 5.41) is 17.6. The van der Waals surface area contributed by atoms with Crippen molar-refractivity contribution >= 4 is 28.9 Å². The molecule has 0 unspecified atom stereocenters. The van der Waals surface area contributed by atoms with Gasteiger partial charge in [0.2, 0.25) is 5.69 Å². The number of nitrogens with one attached hydrogen (secondary N) is 1. The summed E-state index contributed by atoms with van der Waals surface area (Å²) in [7, 11) is 2.92. The molecule has 1 N–H and O–H groups in total. The first-order valence-corrected chi connectivity index (χ1v) is 6.13. The number of methoxy groups -OCH3 is 1. The second kappa shape index (κ2) is 5.80. The molecule has 1 aromatic carbocycles. The van der Waals surface area contributed by atoms with E-state index in [9.17, 15) is 14.9 Å². The highest BCUT2D eigenvalue weighted by molar-refractivity contribution is 6.31. The Morgan fingerprint density at radius 1 is 1.52 bits per heavy atom. The van der Waals surface area contributed by atoms with Gasteiger partial charge in [-0.3, -0.25) is 19.6 Å². The Labute approximate surface area is 124 Å². The van der Waals surface area contributed by atoms with Crippen LogP contribution in [0, 0.1) is 10.1 Å². The monoisotopic (exact) mass is 310 g/mol. The van der Waals surface area contributed by atoms with Gasteiger partial charge < -0.3 is 10.1 Å². The molecule has 0 spiro atoms. The number of nitro groups is 1. The van der Waals surface area contributed by atoms with Crippen molar-refractivity contribution < 1.29 is 14.5 Å². The minimum atomic E-state index is -0.720. The molecule has 8 nitrogen and oxygen atoms in total. The van der Waals surface area contributed by atoms with Crippen molar-refractivity contribution in [1.82, 2.24) is 9.78 Å². The van der Waals surface area contributed by atoms with E-state index in [0.717, 1.165) is 6.20 Å². The molecule has 0 saturated carbocycles. The molecule has 0 atom stereocenters. The standard InChI is InChI=1S/C12H11ClN4O4/c1-16-6-9(17(19)20)11(15-16)12(18)14-8-5-7(13)3-4-10(8)21-2/h3-6H,1-2H3,(H,14,18). The van der Waals surface area contributed by atoms with Crippen molar-refractivity contribution in [1.29, 1.82) is 0 Å². The van der Waals surface area contributed by atoms with E-state index in [4.69, 9.17) is 16.3 Å². The molecule has 1 amide bonds. The van der Waals surface area contributed by atoms with E-state index in [2.05, 4.69) is 10.4 Å². The minimum Gasteiger partial charge on any atom is -0.495 e. The molecular formula is C12H11ClN4O4. The smallest absolute Gasteiger partial charge is 0.320 e. The van der Waals surface area contributed by atoms with E-state index in [1.165, 1.54) is 24.9 Å². The van der Waals surface area contributed by atoms with Crippen LogP contribution in [0.15, 0.2) is 24.4 Å². The Balaban J connectivity index is 2.34. The van der Waals surface area contributed by atoms with E-state index >= 15 is 0 Å². The third-order valence-electron chi connectivity index (χ3n) is 2.63. The lowest BCUT2D eigenvalue weighted by atomic mass is 10.2. The molecular weight excluding hydrogens is 300 g/mol. The second-order valence-electron chi connectivity index (χ2n) is 4.09. The van der Waals surface area contributed by atoms with Gasteiger partial charge >= 0.3 is 5.69 Å². The highest BCUT2D eigenvalue weighted by Crippen LogP contribution is 2.28. The molecule has 9 heteroatoms. The Bertz CT molecular complexity index is 713. The fraction of sp³-hybridized carbons (Fsp3) is 0.167. The molecule has 1 aromatic heterocycles. The summed E-state index contributed by atoms with van der Waals surface area (Å²) in [4.78, 5) is 22.4. The SMILES string of the molecule is COc1ccc(Cl)cc1NC(=O)c1nn(C)cc1[N+](=O)[O-]. The average Bonchev–Trinajstić information content (AvgIpc) is 2.81. The number of aromatic nitrogens is 2. The zero-order chi connectivity index (χ0) is 15.6. The minimum absolute atomic E-state index is 0.287. The summed E-state index contributed by atoms with van der Waals surface area (Å²) >= 11 is 5.85. The summed E-state index contributed by atoms with van der Waals surface area (Å²) in [6, 6.07) is 4.65. The summed E-state index contributed by atoms with van der Waals surface area (Å²) in [5.41, 5.74) is -0.365. The zero-order valence-corrected chi connectivity index (χ0v) is 11.9. The lowest BCUT2D eigenvalue weighted by Crippen LogP contribution is -2.15. The third-order valence-corrected chi connectivity index (χ3v) is 2.87. The van der Waals surface area contributed by atoms with E-state index in [0.29, 0.717) is 16.5 Å². The summed E-state index contributed by atoms with van der Waals surface area (Å²) in [5.74, 6) is -0.339. The molecule has 0 radical (unpaired) electrons. The van der Waals surface area contributed by atoms with E-state index < -0.39 is 10.8 Å². The normalized spacial score (nSPS) is 10.2. The predicted octanol–water partition coefficient (Wildman–Crippen LogP) is 2.24. The maximum Gasteiger partial charge on any atom is 0.320 e. The van der Waals surface area contributed by atoms with Crippen molar-refractivity contribution in [3.63, 3.8) is 0 Å². The van der Waals surface area contributed by atoms with Crippen LogP contribution in [0.1, 0.15) is 10.5 Å². The summed E-state index contributed by atoms with van der Waals surface area (Å²) in [6.07, 6.45) is 1.16. The van der Waals surface area contributed by atoms with Crippen LogP contribution in [-0.2, 0) is 7.05 Å². The first kappa shape index (κ1) is 14.8. The maximum absolute atomic E-state index is 12.1. The fourth-order valence-corrected chi connectivity index (χ4v) is 1.90. The first-order valence-electron chi connectivity index (χ1n) is 5.75. The molecule has 110 valence electrons. The Hall–Kier alpha value is -2.61. The van der Waals surface area contributed by atoms with Crippen LogP contribution in [0.5, 0.6) is 5.75 Å².